The monoisotopic (exact) mass is 429 g/mol. The lowest BCUT2D eigenvalue weighted by molar-refractivity contribution is 1.36. The molecule has 0 aliphatic rings. The van der Waals surface area contributed by atoms with E-state index in [0.29, 0.717) is 15.6 Å². The van der Waals surface area contributed by atoms with Crippen LogP contribution in [0, 0.1) is 18.3 Å². The van der Waals surface area contributed by atoms with Gasteiger partial charge < -0.3 is 5.32 Å². The zero-order chi connectivity index (χ0) is 17.8. The molecule has 0 aliphatic heterocycles. The van der Waals surface area contributed by atoms with E-state index in [1.807, 2.05) is 54.8 Å². The number of thiazole rings is 1. The standard InChI is InChI=1S/C19H13BrClN3S/c1-12-2-7-16(8-17(12)21)23-10-14(9-22)19-24-18(11-25-19)13-3-5-15(20)6-4-13/h2-8,10-11,23H,1H3. The average Bonchev–Trinajstić information content (AvgIpc) is 3.09. The van der Waals surface area contributed by atoms with E-state index in [0.717, 1.165) is 27.0 Å². The molecule has 0 amide bonds. The van der Waals surface area contributed by atoms with Crippen LogP contribution in [0.3, 0.4) is 0 Å². The molecule has 0 bridgehead atoms. The first-order valence-electron chi connectivity index (χ1n) is 7.41. The van der Waals surface area contributed by atoms with Crippen LogP contribution in [0.25, 0.3) is 16.8 Å². The molecule has 3 rings (SSSR count). The third-order valence-electron chi connectivity index (χ3n) is 3.55. The van der Waals surface area contributed by atoms with Crippen LogP contribution in [0.4, 0.5) is 5.69 Å². The molecule has 2 aromatic carbocycles. The molecular formula is C19H13BrClN3S. The van der Waals surface area contributed by atoms with Gasteiger partial charge in [0.05, 0.1) is 5.69 Å². The predicted molar refractivity (Wildman–Crippen MR) is 109 cm³/mol. The summed E-state index contributed by atoms with van der Waals surface area (Å²) in [5.41, 5.74) is 4.18. The molecular weight excluding hydrogens is 418 g/mol. The molecule has 124 valence electrons. The molecule has 6 heteroatoms. The van der Waals surface area contributed by atoms with Crippen molar-refractivity contribution < 1.29 is 0 Å². The second kappa shape index (κ2) is 7.83. The molecule has 1 aromatic heterocycles. The van der Waals surface area contributed by atoms with Gasteiger partial charge >= 0.3 is 0 Å². The Labute approximate surface area is 163 Å². The summed E-state index contributed by atoms with van der Waals surface area (Å²) in [6.45, 7) is 1.95. The number of aryl methyl sites for hydroxylation is 1. The highest BCUT2D eigenvalue weighted by atomic mass is 79.9. The van der Waals surface area contributed by atoms with E-state index in [9.17, 15) is 5.26 Å². The van der Waals surface area contributed by atoms with Gasteiger partial charge in [0.25, 0.3) is 0 Å². The second-order valence-electron chi connectivity index (χ2n) is 5.32. The zero-order valence-corrected chi connectivity index (χ0v) is 16.4. The molecule has 1 heterocycles. The van der Waals surface area contributed by atoms with Crippen molar-refractivity contribution in [1.82, 2.24) is 4.98 Å². The van der Waals surface area contributed by atoms with Crippen LogP contribution in [-0.2, 0) is 0 Å². The Morgan fingerprint density at radius 2 is 2.04 bits per heavy atom. The first-order chi connectivity index (χ1) is 12.1. The maximum absolute atomic E-state index is 9.45. The summed E-state index contributed by atoms with van der Waals surface area (Å²) in [6, 6.07) is 15.8. The normalized spacial score (nSPS) is 11.2. The van der Waals surface area contributed by atoms with Crippen LogP contribution in [0.2, 0.25) is 5.02 Å². The van der Waals surface area contributed by atoms with Gasteiger partial charge in [-0.25, -0.2) is 4.98 Å². The lowest BCUT2D eigenvalue weighted by Gasteiger charge is -2.04. The highest BCUT2D eigenvalue weighted by Crippen LogP contribution is 2.27. The second-order valence-corrected chi connectivity index (χ2v) is 7.50. The van der Waals surface area contributed by atoms with Crippen LogP contribution in [-0.4, -0.2) is 4.98 Å². The first kappa shape index (κ1) is 17.7. The molecule has 0 unspecified atom stereocenters. The van der Waals surface area contributed by atoms with E-state index in [2.05, 4.69) is 32.3 Å². The number of aromatic nitrogens is 1. The largest absolute Gasteiger partial charge is 0.360 e. The van der Waals surface area contributed by atoms with Crippen molar-refractivity contribution in [3.63, 3.8) is 0 Å². The summed E-state index contributed by atoms with van der Waals surface area (Å²) < 4.78 is 1.02. The summed E-state index contributed by atoms with van der Waals surface area (Å²) in [5, 5.41) is 15.9. The van der Waals surface area contributed by atoms with Crippen molar-refractivity contribution in [1.29, 1.82) is 5.26 Å². The fourth-order valence-corrected chi connectivity index (χ4v) is 3.37. The minimum Gasteiger partial charge on any atom is -0.360 e. The highest BCUT2D eigenvalue weighted by molar-refractivity contribution is 9.10. The Balaban J connectivity index is 1.82. The van der Waals surface area contributed by atoms with Gasteiger partial charge in [0.2, 0.25) is 0 Å². The fourth-order valence-electron chi connectivity index (χ4n) is 2.13. The first-order valence-corrected chi connectivity index (χ1v) is 9.46. The predicted octanol–water partition coefficient (Wildman–Crippen LogP) is 6.51. The van der Waals surface area contributed by atoms with Gasteiger partial charge in [-0.2, -0.15) is 5.26 Å². The minimum atomic E-state index is 0.477. The van der Waals surface area contributed by atoms with Gasteiger partial charge in [-0.3, -0.25) is 0 Å². The molecule has 3 aromatic rings. The number of allylic oxidation sites excluding steroid dienone is 1. The van der Waals surface area contributed by atoms with E-state index in [-0.39, 0.29) is 0 Å². The average molecular weight is 431 g/mol. The van der Waals surface area contributed by atoms with Crippen molar-refractivity contribution >= 4 is 50.1 Å². The number of hydrogen-bond acceptors (Lipinski definition) is 4. The molecule has 0 aliphatic carbocycles. The van der Waals surface area contributed by atoms with E-state index >= 15 is 0 Å². The van der Waals surface area contributed by atoms with Crippen molar-refractivity contribution in [3.05, 3.63) is 74.1 Å². The minimum absolute atomic E-state index is 0.477. The smallest absolute Gasteiger partial charge is 0.136 e. The number of hydrogen-bond donors (Lipinski definition) is 1. The number of anilines is 1. The molecule has 0 saturated carbocycles. The maximum Gasteiger partial charge on any atom is 0.136 e. The Morgan fingerprint density at radius 1 is 1.28 bits per heavy atom. The van der Waals surface area contributed by atoms with E-state index < -0.39 is 0 Å². The summed E-state index contributed by atoms with van der Waals surface area (Å²) in [4.78, 5) is 4.57. The lowest BCUT2D eigenvalue weighted by Crippen LogP contribution is -1.91. The highest BCUT2D eigenvalue weighted by Gasteiger charge is 2.09. The van der Waals surface area contributed by atoms with E-state index in [4.69, 9.17) is 11.6 Å². The molecule has 0 spiro atoms. The number of nitrogens with zero attached hydrogens (tertiary/aromatic N) is 2. The Bertz CT molecular complexity index is 971. The van der Waals surface area contributed by atoms with Gasteiger partial charge in [0.15, 0.2) is 0 Å². The van der Waals surface area contributed by atoms with Gasteiger partial charge in [0.1, 0.15) is 16.6 Å². The number of halogens is 2. The van der Waals surface area contributed by atoms with Crippen molar-refractivity contribution in [3.8, 4) is 17.3 Å². The Morgan fingerprint density at radius 3 is 2.72 bits per heavy atom. The van der Waals surface area contributed by atoms with Crippen LogP contribution >= 0.6 is 38.9 Å². The fraction of sp³-hybridized carbons (Fsp3) is 0.0526. The topological polar surface area (TPSA) is 48.7 Å². The summed E-state index contributed by atoms with van der Waals surface area (Å²) in [6.07, 6.45) is 1.66. The third kappa shape index (κ3) is 4.29. The number of nitrogens with one attached hydrogen (secondary N) is 1. The third-order valence-corrected chi connectivity index (χ3v) is 5.36. The summed E-state index contributed by atoms with van der Waals surface area (Å²) in [7, 11) is 0. The lowest BCUT2D eigenvalue weighted by atomic mass is 10.2. The Hall–Kier alpha value is -2.13. The number of rotatable bonds is 4. The van der Waals surface area contributed by atoms with Crippen LogP contribution in [0.5, 0.6) is 0 Å². The molecule has 25 heavy (non-hydrogen) atoms. The van der Waals surface area contributed by atoms with Crippen LogP contribution in [0.15, 0.2) is 58.5 Å². The maximum atomic E-state index is 9.45. The van der Waals surface area contributed by atoms with Gasteiger partial charge in [-0.1, -0.05) is 45.7 Å². The van der Waals surface area contributed by atoms with Gasteiger partial charge in [0, 0.05) is 32.3 Å². The van der Waals surface area contributed by atoms with Crippen LogP contribution in [0.1, 0.15) is 10.6 Å². The molecule has 0 radical (unpaired) electrons. The van der Waals surface area contributed by atoms with Crippen molar-refractivity contribution in [2.24, 2.45) is 0 Å². The number of benzene rings is 2. The number of nitriles is 1. The molecule has 0 atom stereocenters. The van der Waals surface area contributed by atoms with Crippen LogP contribution < -0.4 is 5.32 Å². The molecule has 0 saturated heterocycles. The summed E-state index contributed by atoms with van der Waals surface area (Å²) >= 11 is 11.0. The van der Waals surface area contributed by atoms with Gasteiger partial charge in [-0.05, 0) is 36.8 Å². The molecule has 0 fully saturated rings. The molecule has 3 nitrogen and oxygen atoms in total. The quantitative estimate of drug-likeness (QED) is 0.480. The van der Waals surface area contributed by atoms with E-state index in [1.54, 1.807) is 6.20 Å². The van der Waals surface area contributed by atoms with E-state index in [1.165, 1.54) is 11.3 Å². The van der Waals surface area contributed by atoms with Gasteiger partial charge in [-0.15, -0.1) is 11.3 Å². The summed E-state index contributed by atoms with van der Waals surface area (Å²) in [5.74, 6) is 0. The molecule has 1 N–H and O–H groups in total. The SMILES string of the molecule is Cc1ccc(NC=C(C#N)c2nc(-c3ccc(Br)cc3)cs2)cc1Cl. The van der Waals surface area contributed by atoms with Crippen molar-refractivity contribution in [2.45, 2.75) is 6.92 Å². The Kier molecular flexibility index (Phi) is 5.54. The van der Waals surface area contributed by atoms with Crippen molar-refractivity contribution in [2.75, 3.05) is 5.32 Å². The zero-order valence-electron chi connectivity index (χ0n) is 13.3.